The monoisotopic (exact) mass is 221 g/mol. The topological polar surface area (TPSA) is 21.7 Å². The fourth-order valence-electron chi connectivity index (χ4n) is 2.06. The molecule has 1 aromatic carbocycles. The van der Waals surface area contributed by atoms with Crippen molar-refractivity contribution in [2.75, 3.05) is 33.5 Å². The fraction of sp³-hybridized carbons (Fsp3) is 0.538. The summed E-state index contributed by atoms with van der Waals surface area (Å²) in [6, 6.07) is 10.9. The summed E-state index contributed by atoms with van der Waals surface area (Å²) in [5, 5.41) is 0. The predicted octanol–water partition coefficient (Wildman–Crippen LogP) is 1.53. The van der Waals surface area contributed by atoms with E-state index in [9.17, 15) is 0 Å². The van der Waals surface area contributed by atoms with Gasteiger partial charge < -0.3 is 9.47 Å². The van der Waals surface area contributed by atoms with Crippen molar-refractivity contribution in [3.63, 3.8) is 0 Å². The molecule has 2 rings (SSSR count). The summed E-state index contributed by atoms with van der Waals surface area (Å²) in [5.41, 5.74) is 1.35. The lowest BCUT2D eigenvalue weighted by Gasteiger charge is -2.35. The molecule has 1 saturated heterocycles. The van der Waals surface area contributed by atoms with Gasteiger partial charge >= 0.3 is 0 Å². The van der Waals surface area contributed by atoms with Gasteiger partial charge in [0.2, 0.25) is 0 Å². The number of nitrogens with zero attached hydrogens (tertiary/aromatic N) is 1. The summed E-state index contributed by atoms with van der Waals surface area (Å²) in [6.45, 7) is 4.32. The first-order chi connectivity index (χ1) is 7.90. The first-order valence-electron chi connectivity index (χ1n) is 5.75. The van der Waals surface area contributed by atoms with Crippen LogP contribution < -0.4 is 0 Å². The third-order valence-electron chi connectivity index (χ3n) is 2.94. The highest BCUT2D eigenvalue weighted by Crippen LogP contribution is 2.12. The van der Waals surface area contributed by atoms with E-state index in [0.29, 0.717) is 6.04 Å². The van der Waals surface area contributed by atoms with E-state index in [1.54, 1.807) is 7.11 Å². The molecule has 16 heavy (non-hydrogen) atoms. The van der Waals surface area contributed by atoms with Gasteiger partial charge in [-0.2, -0.15) is 0 Å². The quantitative estimate of drug-likeness (QED) is 0.769. The van der Waals surface area contributed by atoms with E-state index in [2.05, 4.69) is 35.2 Å². The third-order valence-corrected chi connectivity index (χ3v) is 2.94. The average Bonchev–Trinajstić information content (AvgIpc) is 2.33. The van der Waals surface area contributed by atoms with Crippen LogP contribution in [0.3, 0.4) is 0 Å². The molecule has 3 heteroatoms. The first kappa shape index (κ1) is 11.6. The smallest absolute Gasteiger partial charge is 0.0645 e. The fourth-order valence-corrected chi connectivity index (χ4v) is 2.06. The Balaban J connectivity index is 1.96. The number of hydrogen-bond donors (Lipinski definition) is 0. The van der Waals surface area contributed by atoms with Crippen LogP contribution in [-0.2, 0) is 16.0 Å². The van der Waals surface area contributed by atoms with E-state index < -0.39 is 0 Å². The summed E-state index contributed by atoms with van der Waals surface area (Å²) in [7, 11) is 1.75. The molecule has 0 bridgehead atoms. The maximum atomic E-state index is 5.48. The summed E-state index contributed by atoms with van der Waals surface area (Å²) < 4.78 is 10.7. The Bertz CT molecular complexity index is 300. The molecule has 88 valence electrons. The van der Waals surface area contributed by atoms with Crippen LogP contribution in [0.2, 0.25) is 0 Å². The van der Waals surface area contributed by atoms with Crippen molar-refractivity contribution in [3.05, 3.63) is 35.9 Å². The Morgan fingerprint density at radius 2 is 2.19 bits per heavy atom. The number of hydrogen-bond acceptors (Lipinski definition) is 3. The molecule has 1 heterocycles. The predicted molar refractivity (Wildman–Crippen MR) is 63.3 cm³/mol. The molecule has 0 amide bonds. The number of benzene rings is 1. The van der Waals surface area contributed by atoms with Gasteiger partial charge in [0.15, 0.2) is 0 Å². The van der Waals surface area contributed by atoms with Crippen molar-refractivity contribution in [1.82, 2.24) is 4.90 Å². The van der Waals surface area contributed by atoms with Gasteiger partial charge in [0, 0.05) is 20.2 Å². The lowest BCUT2D eigenvalue weighted by atomic mass is 10.1. The van der Waals surface area contributed by atoms with Crippen LogP contribution in [0.4, 0.5) is 0 Å². The van der Waals surface area contributed by atoms with Crippen molar-refractivity contribution in [2.45, 2.75) is 12.6 Å². The molecule has 1 aliphatic rings. The van der Waals surface area contributed by atoms with E-state index in [0.717, 1.165) is 32.9 Å². The maximum Gasteiger partial charge on any atom is 0.0645 e. The number of ether oxygens (including phenoxy) is 2. The molecule has 0 spiro atoms. The highest BCUT2D eigenvalue weighted by molar-refractivity contribution is 5.14. The first-order valence-corrected chi connectivity index (χ1v) is 5.75. The normalized spacial score (nSPS) is 22.2. The van der Waals surface area contributed by atoms with Crippen LogP contribution in [0.25, 0.3) is 0 Å². The molecule has 0 aromatic heterocycles. The molecule has 1 aliphatic heterocycles. The summed E-state index contributed by atoms with van der Waals surface area (Å²) in [5.74, 6) is 0. The van der Waals surface area contributed by atoms with Gasteiger partial charge in [-0.05, 0) is 5.56 Å². The Kier molecular flexibility index (Phi) is 4.34. The van der Waals surface area contributed by atoms with Crippen molar-refractivity contribution in [1.29, 1.82) is 0 Å². The van der Waals surface area contributed by atoms with Crippen LogP contribution in [0.1, 0.15) is 5.56 Å². The summed E-state index contributed by atoms with van der Waals surface area (Å²) >= 11 is 0. The Morgan fingerprint density at radius 1 is 1.38 bits per heavy atom. The van der Waals surface area contributed by atoms with Crippen LogP contribution in [0.5, 0.6) is 0 Å². The Hall–Kier alpha value is -0.900. The van der Waals surface area contributed by atoms with Crippen LogP contribution in [0.15, 0.2) is 30.3 Å². The average molecular weight is 221 g/mol. The van der Waals surface area contributed by atoms with Crippen LogP contribution >= 0.6 is 0 Å². The molecule has 0 saturated carbocycles. The van der Waals surface area contributed by atoms with Gasteiger partial charge in [0.1, 0.15) is 0 Å². The Morgan fingerprint density at radius 3 is 2.94 bits per heavy atom. The van der Waals surface area contributed by atoms with E-state index in [4.69, 9.17) is 9.47 Å². The number of morpholine rings is 1. The molecule has 1 atom stereocenters. The molecule has 3 nitrogen and oxygen atoms in total. The number of methoxy groups -OCH3 is 1. The number of rotatable bonds is 4. The van der Waals surface area contributed by atoms with Crippen LogP contribution in [0, 0.1) is 0 Å². The SMILES string of the molecule is COCC1COCCN1Cc1ccccc1. The minimum atomic E-state index is 0.388. The van der Waals surface area contributed by atoms with Gasteiger partial charge in [-0.1, -0.05) is 30.3 Å². The molecule has 1 unspecified atom stereocenters. The minimum absolute atomic E-state index is 0.388. The highest BCUT2D eigenvalue weighted by Gasteiger charge is 2.22. The maximum absolute atomic E-state index is 5.48. The second kappa shape index (κ2) is 5.99. The summed E-state index contributed by atoms with van der Waals surface area (Å²) in [6.07, 6.45) is 0. The van der Waals surface area contributed by atoms with E-state index in [-0.39, 0.29) is 0 Å². The zero-order chi connectivity index (χ0) is 11.2. The molecule has 0 aliphatic carbocycles. The highest BCUT2D eigenvalue weighted by atomic mass is 16.5. The van der Waals surface area contributed by atoms with E-state index >= 15 is 0 Å². The van der Waals surface area contributed by atoms with Gasteiger partial charge in [0.25, 0.3) is 0 Å². The third kappa shape index (κ3) is 3.04. The zero-order valence-electron chi connectivity index (χ0n) is 9.76. The second-order valence-corrected chi connectivity index (χ2v) is 4.14. The molecule has 0 N–H and O–H groups in total. The van der Waals surface area contributed by atoms with Crippen LogP contribution in [-0.4, -0.2) is 44.4 Å². The van der Waals surface area contributed by atoms with Gasteiger partial charge in [-0.25, -0.2) is 0 Å². The molecule has 1 fully saturated rings. The van der Waals surface area contributed by atoms with Crippen molar-refractivity contribution in [3.8, 4) is 0 Å². The van der Waals surface area contributed by atoms with Crippen molar-refractivity contribution >= 4 is 0 Å². The Labute approximate surface area is 97.0 Å². The zero-order valence-corrected chi connectivity index (χ0v) is 9.76. The van der Waals surface area contributed by atoms with Crippen molar-refractivity contribution < 1.29 is 9.47 Å². The van der Waals surface area contributed by atoms with E-state index in [1.165, 1.54) is 5.56 Å². The van der Waals surface area contributed by atoms with Gasteiger partial charge in [-0.3, -0.25) is 4.90 Å². The molecule has 1 aromatic rings. The van der Waals surface area contributed by atoms with Gasteiger partial charge in [0.05, 0.1) is 25.9 Å². The lowest BCUT2D eigenvalue weighted by Crippen LogP contribution is -2.47. The second-order valence-electron chi connectivity index (χ2n) is 4.14. The molecular weight excluding hydrogens is 202 g/mol. The molecular formula is C13H19NO2. The largest absolute Gasteiger partial charge is 0.383 e. The standard InChI is InChI=1S/C13H19NO2/c1-15-10-13-11-16-8-7-14(13)9-12-5-3-2-4-6-12/h2-6,13H,7-11H2,1H3. The lowest BCUT2D eigenvalue weighted by molar-refractivity contribution is -0.0387. The van der Waals surface area contributed by atoms with Crippen molar-refractivity contribution in [2.24, 2.45) is 0 Å². The summed E-state index contributed by atoms with van der Waals surface area (Å²) in [4.78, 5) is 2.43. The molecule has 0 radical (unpaired) electrons. The van der Waals surface area contributed by atoms with Gasteiger partial charge in [-0.15, -0.1) is 0 Å². The minimum Gasteiger partial charge on any atom is -0.383 e. The van der Waals surface area contributed by atoms with E-state index in [1.807, 2.05) is 0 Å².